The van der Waals surface area contributed by atoms with E-state index in [1.165, 1.54) is 12.1 Å². The molecular formula is C15H13FN2O2S2. The Kier molecular flexibility index (Phi) is 3.62. The molecule has 0 bridgehead atoms. The normalized spacial score (nSPS) is 11.8. The van der Waals surface area contributed by atoms with Gasteiger partial charge in [-0.3, -0.25) is 4.72 Å². The van der Waals surface area contributed by atoms with Crippen LogP contribution in [-0.4, -0.2) is 13.4 Å². The van der Waals surface area contributed by atoms with E-state index in [1.807, 2.05) is 0 Å². The van der Waals surface area contributed by atoms with Crippen molar-refractivity contribution in [2.24, 2.45) is 0 Å². The van der Waals surface area contributed by atoms with Crippen LogP contribution in [0.5, 0.6) is 0 Å². The van der Waals surface area contributed by atoms with Crippen molar-refractivity contribution in [3.8, 4) is 0 Å². The maximum atomic E-state index is 13.3. The number of thiophene rings is 1. The molecule has 0 atom stereocenters. The number of nitrogens with zero attached hydrogens (tertiary/aromatic N) is 1. The van der Waals surface area contributed by atoms with Crippen molar-refractivity contribution in [1.82, 2.24) is 4.98 Å². The molecule has 4 nitrogen and oxygen atoms in total. The maximum Gasteiger partial charge on any atom is 0.272 e. The number of rotatable bonds is 3. The maximum absolute atomic E-state index is 13.3. The van der Waals surface area contributed by atoms with E-state index in [1.54, 1.807) is 38.1 Å². The molecule has 0 unspecified atom stereocenters. The van der Waals surface area contributed by atoms with Crippen LogP contribution in [0.25, 0.3) is 10.1 Å². The van der Waals surface area contributed by atoms with Gasteiger partial charge in [0.1, 0.15) is 15.8 Å². The number of nitrogens with one attached hydrogen (secondary N) is 1. The predicted octanol–water partition coefficient (Wildman–Crippen LogP) is 3.85. The largest absolute Gasteiger partial charge is 0.272 e. The van der Waals surface area contributed by atoms with Gasteiger partial charge in [-0.1, -0.05) is 6.07 Å². The molecule has 0 saturated heterocycles. The fourth-order valence-electron chi connectivity index (χ4n) is 2.21. The van der Waals surface area contributed by atoms with Crippen molar-refractivity contribution in [2.75, 3.05) is 4.72 Å². The highest BCUT2D eigenvalue weighted by molar-refractivity contribution is 7.94. The fraction of sp³-hybridized carbons (Fsp3) is 0.133. The van der Waals surface area contributed by atoms with E-state index < -0.39 is 10.0 Å². The van der Waals surface area contributed by atoms with E-state index in [4.69, 9.17) is 0 Å². The van der Waals surface area contributed by atoms with Gasteiger partial charge in [0.25, 0.3) is 10.0 Å². The van der Waals surface area contributed by atoms with Crippen molar-refractivity contribution in [1.29, 1.82) is 0 Å². The van der Waals surface area contributed by atoms with Gasteiger partial charge in [0.05, 0.1) is 0 Å². The van der Waals surface area contributed by atoms with Gasteiger partial charge < -0.3 is 0 Å². The first-order valence-electron chi connectivity index (χ1n) is 6.52. The molecule has 0 aliphatic rings. The predicted molar refractivity (Wildman–Crippen MR) is 86.3 cm³/mol. The van der Waals surface area contributed by atoms with Crippen molar-refractivity contribution in [3.63, 3.8) is 0 Å². The Morgan fingerprint density at radius 3 is 2.68 bits per heavy atom. The highest BCUT2D eigenvalue weighted by Crippen LogP contribution is 2.35. The van der Waals surface area contributed by atoms with E-state index in [0.29, 0.717) is 10.9 Å². The average Bonchev–Trinajstić information content (AvgIpc) is 2.76. The minimum absolute atomic E-state index is 0.177. The molecule has 22 heavy (non-hydrogen) atoms. The van der Waals surface area contributed by atoms with Crippen LogP contribution in [0.4, 0.5) is 10.2 Å². The average molecular weight is 336 g/mol. The van der Waals surface area contributed by atoms with Crippen LogP contribution in [-0.2, 0) is 10.0 Å². The zero-order chi connectivity index (χ0) is 15.9. The summed E-state index contributed by atoms with van der Waals surface area (Å²) >= 11 is 1.12. The summed E-state index contributed by atoms with van der Waals surface area (Å²) in [5.74, 6) is -0.117. The fourth-order valence-corrected chi connectivity index (χ4v) is 4.96. The highest BCUT2D eigenvalue weighted by atomic mass is 32.2. The van der Waals surface area contributed by atoms with E-state index >= 15 is 0 Å². The molecule has 3 rings (SSSR count). The monoisotopic (exact) mass is 336 g/mol. The molecule has 7 heteroatoms. The molecule has 3 aromatic rings. The summed E-state index contributed by atoms with van der Waals surface area (Å²) in [5, 5.41) is 0.613. The summed E-state index contributed by atoms with van der Waals surface area (Å²) in [6, 6.07) is 9.37. The Morgan fingerprint density at radius 2 is 1.95 bits per heavy atom. The minimum atomic E-state index is -3.75. The molecule has 114 valence electrons. The zero-order valence-corrected chi connectivity index (χ0v) is 13.6. The van der Waals surface area contributed by atoms with E-state index in [2.05, 4.69) is 9.71 Å². The molecule has 0 spiro atoms. The second-order valence-corrected chi connectivity index (χ2v) is 7.85. The lowest BCUT2D eigenvalue weighted by molar-refractivity contribution is 0.602. The number of sulfonamides is 1. The third-order valence-electron chi connectivity index (χ3n) is 3.23. The van der Waals surface area contributed by atoms with Gasteiger partial charge in [0, 0.05) is 10.4 Å². The second-order valence-electron chi connectivity index (χ2n) is 4.92. The van der Waals surface area contributed by atoms with Crippen molar-refractivity contribution < 1.29 is 12.8 Å². The van der Waals surface area contributed by atoms with Gasteiger partial charge >= 0.3 is 0 Å². The molecule has 0 saturated carbocycles. The van der Waals surface area contributed by atoms with Gasteiger partial charge in [-0.15, -0.1) is 11.3 Å². The van der Waals surface area contributed by atoms with Gasteiger partial charge in [-0.05, 0) is 55.1 Å². The first-order chi connectivity index (χ1) is 10.4. The smallest absolute Gasteiger partial charge is 0.263 e. The first-order valence-corrected chi connectivity index (χ1v) is 8.82. The summed E-state index contributed by atoms with van der Waals surface area (Å²) in [4.78, 5) is 4.14. The Hall–Kier alpha value is -1.99. The Bertz CT molecular complexity index is 965. The molecule has 2 aromatic heterocycles. The van der Waals surface area contributed by atoms with E-state index in [-0.39, 0.29) is 15.8 Å². The Labute approximate surface area is 131 Å². The number of aryl methyl sites for hydroxylation is 2. The van der Waals surface area contributed by atoms with Gasteiger partial charge in [0.15, 0.2) is 0 Å². The van der Waals surface area contributed by atoms with Crippen molar-refractivity contribution in [2.45, 2.75) is 18.1 Å². The van der Waals surface area contributed by atoms with Crippen LogP contribution in [0, 0.1) is 19.7 Å². The van der Waals surface area contributed by atoms with Crippen LogP contribution in [0.15, 0.2) is 40.6 Å². The third kappa shape index (κ3) is 2.69. The molecule has 2 heterocycles. The van der Waals surface area contributed by atoms with Crippen LogP contribution in [0.1, 0.15) is 11.3 Å². The lowest BCUT2D eigenvalue weighted by atomic mass is 10.2. The summed E-state index contributed by atoms with van der Waals surface area (Å²) in [6.45, 7) is 3.46. The molecule has 1 N–H and O–H groups in total. The number of aromatic nitrogens is 1. The number of halogens is 1. The van der Waals surface area contributed by atoms with E-state index in [0.717, 1.165) is 21.7 Å². The third-order valence-corrected chi connectivity index (χ3v) is 6.47. The number of hydrogen-bond donors (Lipinski definition) is 1. The zero-order valence-electron chi connectivity index (χ0n) is 11.9. The molecule has 0 fully saturated rings. The van der Waals surface area contributed by atoms with Crippen LogP contribution in [0.3, 0.4) is 0 Å². The number of hydrogen-bond acceptors (Lipinski definition) is 4. The standard InChI is InChI=1S/C15H13FN2O2S2/c1-9-4-3-5-14(17-9)18-22(19,20)15-10(2)12-8-11(16)6-7-13(12)21-15/h3-8H,1-2H3,(H,17,18). The highest BCUT2D eigenvalue weighted by Gasteiger charge is 2.22. The van der Waals surface area contributed by atoms with Crippen LogP contribution in [0.2, 0.25) is 0 Å². The SMILES string of the molecule is Cc1cccc(NS(=O)(=O)c2sc3ccc(F)cc3c2C)n1. The molecule has 1 aromatic carbocycles. The molecular weight excluding hydrogens is 323 g/mol. The molecule has 0 radical (unpaired) electrons. The number of fused-ring (bicyclic) bond motifs is 1. The molecule has 0 aliphatic carbocycles. The Balaban J connectivity index is 2.07. The lowest BCUT2D eigenvalue weighted by Crippen LogP contribution is -2.13. The topological polar surface area (TPSA) is 59.1 Å². The summed E-state index contributed by atoms with van der Waals surface area (Å²) < 4.78 is 41.8. The van der Waals surface area contributed by atoms with Crippen molar-refractivity contribution >= 4 is 37.3 Å². The number of anilines is 1. The van der Waals surface area contributed by atoms with E-state index in [9.17, 15) is 12.8 Å². The second kappa shape index (κ2) is 5.33. The van der Waals surface area contributed by atoms with Crippen LogP contribution >= 0.6 is 11.3 Å². The van der Waals surface area contributed by atoms with Crippen LogP contribution < -0.4 is 4.72 Å². The summed E-state index contributed by atoms with van der Waals surface area (Å²) in [5.41, 5.74) is 1.26. The number of benzene rings is 1. The van der Waals surface area contributed by atoms with Gasteiger partial charge in [-0.25, -0.2) is 17.8 Å². The Morgan fingerprint density at radius 1 is 1.18 bits per heavy atom. The van der Waals surface area contributed by atoms with Gasteiger partial charge in [-0.2, -0.15) is 0 Å². The summed E-state index contributed by atoms with van der Waals surface area (Å²) in [6.07, 6.45) is 0. The lowest BCUT2D eigenvalue weighted by Gasteiger charge is -2.06. The molecule has 0 amide bonds. The van der Waals surface area contributed by atoms with Crippen molar-refractivity contribution in [3.05, 3.63) is 53.5 Å². The number of pyridine rings is 1. The first kappa shape index (κ1) is 14.9. The minimum Gasteiger partial charge on any atom is -0.263 e. The molecule has 0 aliphatic heterocycles. The summed E-state index contributed by atoms with van der Waals surface area (Å²) in [7, 11) is -3.75. The quantitative estimate of drug-likeness (QED) is 0.790. The van der Waals surface area contributed by atoms with Gasteiger partial charge in [0.2, 0.25) is 0 Å².